The van der Waals surface area contributed by atoms with Crippen molar-refractivity contribution in [2.24, 2.45) is 0 Å². The summed E-state index contributed by atoms with van der Waals surface area (Å²) in [7, 11) is 2.23. The van der Waals surface area contributed by atoms with Crippen molar-refractivity contribution < 1.29 is 9.53 Å². The number of esters is 1. The van der Waals surface area contributed by atoms with E-state index >= 15 is 0 Å². The lowest BCUT2D eigenvalue weighted by atomic mass is 10.0. The SMILES string of the molecule is CN1CCCCCCCCCCCCCCCOC(=O)CCCCC1. The highest BCUT2D eigenvalue weighted by Crippen LogP contribution is 2.13. The molecular weight excluding hydrogens is 310 g/mol. The summed E-state index contributed by atoms with van der Waals surface area (Å²) >= 11 is 0. The van der Waals surface area contributed by atoms with Gasteiger partial charge in [0, 0.05) is 6.42 Å². The summed E-state index contributed by atoms with van der Waals surface area (Å²) in [5, 5.41) is 0. The maximum Gasteiger partial charge on any atom is 0.305 e. The van der Waals surface area contributed by atoms with Crippen molar-refractivity contribution in [1.29, 1.82) is 0 Å². The quantitative estimate of drug-likeness (QED) is 0.492. The second kappa shape index (κ2) is 16.9. The number of nitrogens with zero attached hydrogens (tertiary/aromatic N) is 1. The summed E-state index contributed by atoms with van der Waals surface area (Å²) in [6, 6.07) is 0. The molecule has 1 saturated heterocycles. The van der Waals surface area contributed by atoms with Gasteiger partial charge >= 0.3 is 5.97 Å². The van der Waals surface area contributed by atoms with Gasteiger partial charge in [0.1, 0.15) is 0 Å². The van der Waals surface area contributed by atoms with E-state index in [2.05, 4.69) is 11.9 Å². The van der Waals surface area contributed by atoms with Gasteiger partial charge in [0.2, 0.25) is 0 Å². The van der Waals surface area contributed by atoms with Crippen LogP contribution in [0.1, 0.15) is 109 Å². The van der Waals surface area contributed by atoms with Crippen molar-refractivity contribution in [3.63, 3.8) is 0 Å². The van der Waals surface area contributed by atoms with E-state index in [-0.39, 0.29) is 5.97 Å². The Morgan fingerprint density at radius 3 is 1.52 bits per heavy atom. The minimum absolute atomic E-state index is 0.00625. The van der Waals surface area contributed by atoms with Crippen LogP contribution in [0.4, 0.5) is 0 Å². The van der Waals surface area contributed by atoms with E-state index in [0.717, 1.165) is 25.8 Å². The Balaban J connectivity index is 2.15. The Bertz CT molecular complexity index is 306. The van der Waals surface area contributed by atoms with Crippen LogP contribution in [0.3, 0.4) is 0 Å². The molecule has 1 aliphatic rings. The zero-order valence-corrected chi connectivity index (χ0v) is 16.9. The van der Waals surface area contributed by atoms with Crippen LogP contribution >= 0.6 is 0 Å². The lowest BCUT2D eigenvalue weighted by Gasteiger charge is -2.16. The molecule has 0 unspecified atom stereocenters. The average Bonchev–Trinajstić information content (AvgIpc) is 2.60. The van der Waals surface area contributed by atoms with Gasteiger partial charge in [-0.25, -0.2) is 0 Å². The van der Waals surface area contributed by atoms with Crippen LogP contribution in [0.2, 0.25) is 0 Å². The van der Waals surface area contributed by atoms with Crippen molar-refractivity contribution in [1.82, 2.24) is 4.90 Å². The summed E-state index contributed by atoms with van der Waals surface area (Å²) in [4.78, 5) is 14.1. The van der Waals surface area contributed by atoms with Crippen LogP contribution in [0.15, 0.2) is 0 Å². The highest BCUT2D eigenvalue weighted by molar-refractivity contribution is 5.69. The molecule has 1 heterocycles. The number of hydrogen-bond acceptors (Lipinski definition) is 3. The third kappa shape index (κ3) is 15.4. The lowest BCUT2D eigenvalue weighted by molar-refractivity contribution is -0.143. The van der Waals surface area contributed by atoms with Gasteiger partial charge in [0.25, 0.3) is 0 Å². The number of carbonyl (C=O) groups excluding carboxylic acids is 1. The minimum atomic E-state index is 0.00625. The molecule has 1 fully saturated rings. The molecule has 0 radical (unpaired) electrons. The highest BCUT2D eigenvalue weighted by atomic mass is 16.5. The standard InChI is InChI=1S/C22H43NO2/c1-23-19-15-11-9-7-5-3-2-4-6-8-10-12-17-21-25-22(24)18-14-13-16-20-23/h2-21H2,1H3. The van der Waals surface area contributed by atoms with E-state index in [1.54, 1.807) is 0 Å². The van der Waals surface area contributed by atoms with E-state index in [1.165, 1.54) is 90.0 Å². The van der Waals surface area contributed by atoms with Crippen molar-refractivity contribution in [2.45, 2.75) is 109 Å². The molecule has 0 aromatic heterocycles. The maximum atomic E-state index is 11.7. The largest absolute Gasteiger partial charge is 0.466 e. The predicted molar refractivity (Wildman–Crippen MR) is 107 cm³/mol. The molecule has 0 spiro atoms. The second-order valence-electron chi connectivity index (χ2n) is 7.93. The zero-order valence-electron chi connectivity index (χ0n) is 16.9. The molecule has 3 heteroatoms. The van der Waals surface area contributed by atoms with Crippen LogP contribution in [-0.4, -0.2) is 37.6 Å². The first-order valence-electron chi connectivity index (χ1n) is 11.1. The topological polar surface area (TPSA) is 29.5 Å². The molecule has 0 amide bonds. The zero-order chi connectivity index (χ0) is 18.0. The van der Waals surface area contributed by atoms with Gasteiger partial charge in [-0.1, -0.05) is 77.0 Å². The van der Waals surface area contributed by atoms with E-state index in [4.69, 9.17) is 4.74 Å². The first kappa shape index (κ1) is 22.5. The summed E-state index contributed by atoms with van der Waals surface area (Å²) in [5.41, 5.74) is 0. The van der Waals surface area contributed by atoms with Crippen molar-refractivity contribution in [3.8, 4) is 0 Å². The van der Waals surface area contributed by atoms with Crippen LogP contribution in [0, 0.1) is 0 Å². The predicted octanol–water partition coefficient (Wildman–Crippen LogP) is 6.11. The van der Waals surface area contributed by atoms with E-state index in [0.29, 0.717) is 13.0 Å². The molecule has 0 saturated carbocycles. The fourth-order valence-corrected chi connectivity index (χ4v) is 3.63. The van der Waals surface area contributed by atoms with E-state index in [9.17, 15) is 4.79 Å². The fraction of sp³-hybridized carbons (Fsp3) is 0.955. The van der Waals surface area contributed by atoms with Crippen LogP contribution in [0.5, 0.6) is 0 Å². The molecule has 0 atom stereocenters. The Morgan fingerprint density at radius 2 is 1.00 bits per heavy atom. The van der Waals surface area contributed by atoms with E-state index in [1.807, 2.05) is 0 Å². The Labute approximate surface area is 156 Å². The summed E-state index contributed by atoms with van der Waals surface area (Å²) < 4.78 is 5.34. The molecule has 0 aliphatic carbocycles. The lowest BCUT2D eigenvalue weighted by Crippen LogP contribution is -2.20. The van der Waals surface area contributed by atoms with Gasteiger partial charge in [-0.05, 0) is 45.8 Å². The van der Waals surface area contributed by atoms with Gasteiger partial charge in [-0.3, -0.25) is 4.79 Å². The third-order valence-corrected chi connectivity index (χ3v) is 5.37. The second-order valence-corrected chi connectivity index (χ2v) is 7.93. The van der Waals surface area contributed by atoms with Gasteiger partial charge in [-0.15, -0.1) is 0 Å². The molecule has 1 rings (SSSR count). The summed E-state index contributed by atoms with van der Waals surface area (Å²) in [6.45, 7) is 3.01. The number of rotatable bonds is 0. The van der Waals surface area contributed by atoms with Gasteiger partial charge in [-0.2, -0.15) is 0 Å². The molecule has 0 N–H and O–H groups in total. The van der Waals surface area contributed by atoms with Crippen molar-refractivity contribution in [2.75, 3.05) is 26.7 Å². The Hall–Kier alpha value is -0.570. The smallest absolute Gasteiger partial charge is 0.305 e. The van der Waals surface area contributed by atoms with Gasteiger partial charge in [0.15, 0.2) is 0 Å². The van der Waals surface area contributed by atoms with Crippen LogP contribution in [-0.2, 0) is 9.53 Å². The van der Waals surface area contributed by atoms with Crippen molar-refractivity contribution in [3.05, 3.63) is 0 Å². The molecule has 0 aromatic rings. The van der Waals surface area contributed by atoms with Gasteiger partial charge < -0.3 is 9.64 Å². The maximum absolute atomic E-state index is 11.7. The summed E-state index contributed by atoms with van der Waals surface area (Å²) in [6.07, 6.45) is 21.4. The van der Waals surface area contributed by atoms with Crippen LogP contribution in [0.25, 0.3) is 0 Å². The molecule has 148 valence electrons. The minimum Gasteiger partial charge on any atom is -0.466 e. The highest BCUT2D eigenvalue weighted by Gasteiger charge is 2.04. The molecule has 3 nitrogen and oxygen atoms in total. The number of hydrogen-bond donors (Lipinski definition) is 0. The first-order chi connectivity index (χ1) is 12.3. The average molecular weight is 354 g/mol. The first-order valence-corrected chi connectivity index (χ1v) is 11.1. The van der Waals surface area contributed by atoms with E-state index < -0.39 is 0 Å². The molecule has 0 bridgehead atoms. The summed E-state index contributed by atoms with van der Waals surface area (Å²) in [5.74, 6) is 0.00625. The number of carbonyl (C=O) groups is 1. The number of cyclic esters (lactones) is 1. The van der Waals surface area contributed by atoms with Crippen molar-refractivity contribution >= 4 is 5.97 Å². The molecule has 1 aliphatic heterocycles. The monoisotopic (exact) mass is 353 g/mol. The third-order valence-electron chi connectivity index (χ3n) is 5.37. The molecular formula is C22H43NO2. The molecule has 25 heavy (non-hydrogen) atoms. The number of ether oxygens (including phenoxy) is 1. The normalized spacial score (nSPS) is 23.6. The van der Waals surface area contributed by atoms with Crippen LogP contribution < -0.4 is 0 Å². The molecule has 0 aromatic carbocycles. The Morgan fingerprint density at radius 1 is 0.600 bits per heavy atom. The Kier molecular flexibility index (Phi) is 15.2. The van der Waals surface area contributed by atoms with Gasteiger partial charge in [0.05, 0.1) is 6.61 Å². The fourth-order valence-electron chi connectivity index (χ4n) is 3.63.